The second kappa shape index (κ2) is 6.89. The van der Waals surface area contributed by atoms with Crippen LogP contribution in [0.3, 0.4) is 0 Å². The molecule has 0 aromatic heterocycles. The molecule has 2 aromatic rings. The van der Waals surface area contributed by atoms with Crippen molar-refractivity contribution in [1.29, 1.82) is 5.41 Å². The van der Waals surface area contributed by atoms with Gasteiger partial charge < -0.3 is 4.90 Å². The minimum absolute atomic E-state index is 0.154. The average molecular weight is 374 g/mol. The molecular formula is C21H18N4OS. The third kappa shape index (κ3) is 3.19. The first-order chi connectivity index (χ1) is 13.0. The lowest BCUT2D eigenvalue weighted by Crippen LogP contribution is -2.38. The molecule has 0 radical (unpaired) electrons. The summed E-state index contributed by atoms with van der Waals surface area (Å²) in [5.74, 6) is -0.222. The normalized spacial score (nSPS) is 17.7. The van der Waals surface area contributed by atoms with Gasteiger partial charge in [0.1, 0.15) is 5.84 Å². The molecule has 5 nitrogen and oxygen atoms in total. The van der Waals surface area contributed by atoms with Crippen LogP contribution in [0.2, 0.25) is 0 Å². The molecule has 0 spiro atoms. The SMILES string of the molecule is CN(C)c1ccc(/C=C2/C(=N)N3C(c4ccccc4)=CSC3=NC2=O)cc1. The third-order valence-corrected chi connectivity index (χ3v) is 5.23. The second-order valence-electron chi connectivity index (χ2n) is 6.41. The molecule has 0 bridgehead atoms. The predicted molar refractivity (Wildman–Crippen MR) is 113 cm³/mol. The van der Waals surface area contributed by atoms with Gasteiger partial charge in [0, 0.05) is 25.2 Å². The van der Waals surface area contributed by atoms with Crippen LogP contribution in [0.25, 0.3) is 11.8 Å². The number of carbonyl (C=O) groups is 1. The topological polar surface area (TPSA) is 59.8 Å². The minimum atomic E-state index is -0.377. The largest absolute Gasteiger partial charge is 0.378 e. The number of hydrogen-bond acceptors (Lipinski definition) is 4. The number of benzene rings is 2. The first kappa shape index (κ1) is 17.3. The van der Waals surface area contributed by atoms with E-state index in [1.807, 2.05) is 79.0 Å². The van der Waals surface area contributed by atoms with Gasteiger partial charge in [-0.05, 0) is 29.3 Å². The first-order valence-electron chi connectivity index (χ1n) is 8.48. The number of amides is 1. The van der Waals surface area contributed by atoms with E-state index in [0.29, 0.717) is 10.7 Å². The van der Waals surface area contributed by atoms with E-state index in [4.69, 9.17) is 5.41 Å². The lowest BCUT2D eigenvalue weighted by Gasteiger charge is -2.27. The van der Waals surface area contributed by atoms with E-state index >= 15 is 0 Å². The predicted octanol–water partition coefficient (Wildman–Crippen LogP) is 4.06. The van der Waals surface area contributed by atoms with Gasteiger partial charge in [-0.3, -0.25) is 15.1 Å². The zero-order chi connectivity index (χ0) is 19.0. The molecule has 4 rings (SSSR count). The van der Waals surface area contributed by atoms with E-state index in [9.17, 15) is 4.79 Å². The highest BCUT2D eigenvalue weighted by Crippen LogP contribution is 2.37. The molecule has 0 aliphatic carbocycles. The summed E-state index contributed by atoms with van der Waals surface area (Å²) < 4.78 is 0. The first-order valence-corrected chi connectivity index (χ1v) is 9.36. The van der Waals surface area contributed by atoms with Crippen LogP contribution in [0.1, 0.15) is 11.1 Å². The van der Waals surface area contributed by atoms with Crippen LogP contribution in [0.5, 0.6) is 0 Å². The second-order valence-corrected chi connectivity index (χ2v) is 7.25. The van der Waals surface area contributed by atoms with Crippen LogP contribution < -0.4 is 4.90 Å². The van der Waals surface area contributed by atoms with Crippen molar-refractivity contribution in [2.24, 2.45) is 4.99 Å². The number of hydrogen-bond donors (Lipinski definition) is 1. The van der Waals surface area contributed by atoms with Crippen LogP contribution >= 0.6 is 11.8 Å². The quantitative estimate of drug-likeness (QED) is 0.823. The van der Waals surface area contributed by atoms with Gasteiger partial charge in [-0.2, -0.15) is 4.99 Å². The number of nitrogens with zero attached hydrogens (tertiary/aromatic N) is 3. The molecular weight excluding hydrogens is 356 g/mol. The number of aliphatic imine (C=N–C) groups is 1. The Morgan fingerprint density at radius 1 is 1.07 bits per heavy atom. The van der Waals surface area contributed by atoms with Gasteiger partial charge in [-0.15, -0.1) is 0 Å². The summed E-state index contributed by atoms with van der Waals surface area (Å²) in [5.41, 5.74) is 4.09. The fraction of sp³-hybridized carbons (Fsp3) is 0.0952. The van der Waals surface area contributed by atoms with E-state index < -0.39 is 0 Å². The zero-order valence-corrected chi connectivity index (χ0v) is 15.8. The van der Waals surface area contributed by atoms with E-state index in [-0.39, 0.29) is 11.7 Å². The molecule has 0 atom stereocenters. The lowest BCUT2D eigenvalue weighted by molar-refractivity contribution is -0.114. The van der Waals surface area contributed by atoms with E-state index in [0.717, 1.165) is 22.5 Å². The summed E-state index contributed by atoms with van der Waals surface area (Å²) in [6, 6.07) is 17.7. The average Bonchev–Trinajstić information content (AvgIpc) is 3.10. The highest BCUT2D eigenvalue weighted by Gasteiger charge is 2.36. The van der Waals surface area contributed by atoms with Crippen LogP contribution in [-0.4, -0.2) is 35.9 Å². The minimum Gasteiger partial charge on any atom is -0.378 e. The Bertz CT molecular complexity index is 1000. The molecule has 2 aliphatic heterocycles. The van der Waals surface area contributed by atoms with Gasteiger partial charge in [0.05, 0.1) is 11.3 Å². The van der Waals surface area contributed by atoms with Gasteiger partial charge >= 0.3 is 0 Å². The monoisotopic (exact) mass is 374 g/mol. The molecule has 6 heteroatoms. The molecule has 27 heavy (non-hydrogen) atoms. The van der Waals surface area contributed by atoms with Crippen molar-refractivity contribution in [2.45, 2.75) is 0 Å². The Kier molecular flexibility index (Phi) is 4.41. The van der Waals surface area contributed by atoms with Crippen molar-refractivity contribution in [2.75, 3.05) is 19.0 Å². The van der Waals surface area contributed by atoms with E-state index in [1.54, 1.807) is 11.0 Å². The molecule has 0 unspecified atom stereocenters. The smallest absolute Gasteiger partial charge is 0.283 e. The molecule has 1 N–H and O–H groups in total. The van der Waals surface area contributed by atoms with E-state index in [1.165, 1.54) is 11.8 Å². The maximum Gasteiger partial charge on any atom is 0.283 e. The Hall–Kier alpha value is -3.12. The van der Waals surface area contributed by atoms with Crippen LogP contribution in [0, 0.1) is 5.41 Å². The molecule has 0 saturated carbocycles. The van der Waals surface area contributed by atoms with Crippen molar-refractivity contribution in [3.05, 3.63) is 76.7 Å². The van der Waals surface area contributed by atoms with Crippen LogP contribution in [0.15, 0.2) is 70.6 Å². The number of carbonyl (C=O) groups excluding carboxylic acids is 1. The number of nitrogens with one attached hydrogen (secondary N) is 1. The fourth-order valence-corrected chi connectivity index (χ4v) is 3.84. The Morgan fingerprint density at radius 3 is 2.44 bits per heavy atom. The lowest BCUT2D eigenvalue weighted by atomic mass is 10.1. The number of amidine groups is 2. The van der Waals surface area contributed by atoms with E-state index in [2.05, 4.69) is 4.99 Å². The number of rotatable bonds is 3. The summed E-state index contributed by atoms with van der Waals surface area (Å²) in [5, 5.41) is 11.1. The van der Waals surface area contributed by atoms with Crippen LogP contribution in [0.4, 0.5) is 5.69 Å². The van der Waals surface area contributed by atoms with Gasteiger partial charge in [-0.25, -0.2) is 0 Å². The van der Waals surface area contributed by atoms with Crippen LogP contribution in [-0.2, 0) is 4.79 Å². The molecule has 0 fully saturated rings. The van der Waals surface area contributed by atoms with Gasteiger partial charge in [0.25, 0.3) is 5.91 Å². The maximum absolute atomic E-state index is 12.5. The number of anilines is 1. The highest BCUT2D eigenvalue weighted by molar-refractivity contribution is 8.17. The van der Waals surface area contributed by atoms with Crippen molar-refractivity contribution in [3.63, 3.8) is 0 Å². The zero-order valence-electron chi connectivity index (χ0n) is 15.0. The Labute approximate surface area is 162 Å². The van der Waals surface area contributed by atoms with Gasteiger partial charge in [-0.1, -0.05) is 54.2 Å². The van der Waals surface area contributed by atoms with Gasteiger partial charge in [0.2, 0.25) is 0 Å². The van der Waals surface area contributed by atoms with Crippen molar-refractivity contribution >= 4 is 46.1 Å². The summed E-state index contributed by atoms with van der Waals surface area (Å²) in [4.78, 5) is 20.4. The van der Waals surface area contributed by atoms with Crippen molar-refractivity contribution in [1.82, 2.24) is 4.90 Å². The summed E-state index contributed by atoms with van der Waals surface area (Å²) in [6.07, 6.45) is 1.73. The molecule has 134 valence electrons. The molecule has 2 aliphatic rings. The summed E-state index contributed by atoms with van der Waals surface area (Å²) in [6.45, 7) is 0. The van der Waals surface area contributed by atoms with Crippen molar-refractivity contribution in [3.8, 4) is 0 Å². The number of thioether (sulfide) groups is 1. The molecule has 0 saturated heterocycles. The standard InChI is InChI=1S/C21H18N4OS/c1-24(2)16-10-8-14(9-11-16)12-17-19(22)25-18(15-6-4-3-5-7-15)13-27-21(25)23-20(17)26/h3-13,22H,1-2H3/b17-12-,22-19?. The summed E-state index contributed by atoms with van der Waals surface area (Å²) >= 11 is 1.37. The molecule has 2 aromatic carbocycles. The van der Waals surface area contributed by atoms with Crippen molar-refractivity contribution < 1.29 is 4.79 Å². The third-order valence-electron chi connectivity index (χ3n) is 4.40. The molecule has 2 heterocycles. The summed E-state index contributed by atoms with van der Waals surface area (Å²) in [7, 11) is 3.96. The highest BCUT2D eigenvalue weighted by atomic mass is 32.2. The maximum atomic E-state index is 12.5. The number of fused-ring (bicyclic) bond motifs is 1. The molecule has 1 amide bonds. The Morgan fingerprint density at radius 2 is 1.78 bits per heavy atom. The van der Waals surface area contributed by atoms with Gasteiger partial charge in [0.15, 0.2) is 5.17 Å². The fourth-order valence-electron chi connectivity index (χ4n) is 2.95. The Balaban J connectivity index is 1.69.